The first-order chi connectivity index (χ1) is 11.7. The van der Waals surface area contributed by atoms with Crippen LogP contribution in [0, 0.1) is 0 Å². The molecule has 0 aliphatic rings. The number of nitrogens with two attached hydrogens (primary N) is 3. The summed E-state index contributed by atoms with van der Waals surface area (Å²) >= 11 is 9.42. The second-order valence-corrected chi connectivity index (χ2v) is 8.81. The van der Waals surface area contributed by atoms with Crippen LogP contribution in [-0.4, -0.2) is 76.2 Å². The molecule has 0 unspecified atom stereocenters. The first-order valence-electron chi connectivity index (χ1n) is 8.91. The standard InChI is InChI=1S/C10H26N4S2.C5H14N2S/c11-3-1-5-13-7-9-16(15)10-8-14-6-2-4-12;6-2-1-3-7-4-5-8/h13-14H,1-12H2;7-8H,1-6H2. The zero-order valence-corrected chi connectivity index (χ0v) is 17.6. The van der Waals surface area contributed by atoms with Crippen molar-refractivity contribution in [3.63, 3.8) is 0 Å². The fraction of sp³-hybridized carbons (Fsp3) is 1.00. The van der Waals surface area contributed by atoms with Gasteiger partial charge in [-0.15, -0.1) is 9.45 Å². The fourth-order valence-electron chi connectivity index (χ4n) is 1.61. The predicted molar refractivity (Wildman–Crippen MR) is 118 cm³/mol. The summed E-state index contributed by atoms with van der Waals surface area (Å²) in [6.07, 6.45) is 3.16. The van der Waals surface area contributed by atoms with E-state index in [1.54, 1.807) is 0 Å². The van der Waals surface area contributed by atoms with Gasteiger partial charge in [-0.05, 0) is 58.5 Å². The van der Waals surface area contributed by atoms with Gasteiger partial charge in [-0.3, -0.25) is 0 Å². The molecule has 0 atom stereocenters. The lowest BCUT2D eigenvalue weighted by Crippen LogP contribution is -2.27. The third-order valence-electron chi connectivity index (χ3n) is 2.97. The molecule has 0 fully saturated rings. The van der Waals surface area contributed by atoms with Gasteiger partial charge in [0.05, 0.1) is 0 Å². The molecule has 6 nitrogen and oxygen atoms in total. The second kappa shape index (κ2) is 25.9. The molecule has 0 aromatic rings. The van der Waals surface area contributed by atoms with E-state index in [1.807, 2.05) is 0 Å². The number of thiol groups is 1. The van der Waals surface area contributed by atoms with Crippen LogP contribution in [0.1, 0.15) is 19.3 Å². The number of rotatable bonds is 17. The van der Waals surface area contributed by atoms with Crippen molar-refractivity contribution >= 4 is 33.3 Å². The van der Waals surface area contributed by atoms with Crippen molar-refractivity contribution in [1.82, 2.24) is 16.0 Å². The molecule has 0 aliphatic carbocycles. The maximum absolute atomic E-state index is 5.40. The molecule has 9 N–H and O–H groups in total. The lowest BCUT2D eigenvalue weighted by atomic mass is 10.4. The van der Waals surface area contributed by atoms with Crippen molar-refractivity contribution < 1.29 is 0 Å². The molecule has 0 spiro atoms. The average molecular weight is 401 g/mol. The molecule has 0 radical (unpaired) electrons. The molecule has 148 valence electrons. The highest BCUT2D eigenvalue weighted by atomic mass is 32.8. The van der Waals surface area contributed by atoms with Gasteiger partial charge in [0.25, 0.3) is 0 Å². The normalized spacial score (nSPS) is 10.7. The molecule has 9 heteroatoms. The monoisotopic (exact) mass is 400 g/mol. The predicted octanol–water partition coefficient (Wildman–Crippen LogP) is -1.20. The van der Waals surface area contributed by atoms with Crippen LogP contribution in [0.5, 0.6) is 0 Å². The highest BCUT2D eigenvalue weighted by molar-refractivity contribution is 8.28. The summed E-state index contributed by atoms with van der Waals surface area (Å²) in [6.45, 7) is 8.38. The Kier molecular flexibility index (Phi) is 29.1. The molecule has 0 aliphatic heterocycles. The van der Waals surface area contributed by atoms with Gasteiger partial charge in [0.15, 0.2) is 0 Å². The maximum atomic E-state index is 5.40. The van der Waals surface area contributed by atoms with E-state index in [-0.39, 0.29) is 9.45 Å². The van der Waals surface area contributed by atoms with Gasteiger partial charge in [0.2, 0.25) is 0 Å². The fourth-order valence-corrected chi connectivity index (χ4v) is 3.22. The summed E-state index contributed by atoms with van der Waals surface area (Å²) in [5, 5.41) is 9.88. The van der Waals surface area contributed by atoms with E-state index < -0.39 is 0 Å². The Bertz CT molecular complexity index is 225. The Morgan fingerprint density at radius 2 is 1.04 bits per heavy atom. The van der Waals surface area contributed by atoms with Gasteiger partial charge in [0, 0.05) is 36.9 Å². The maximum Gasteiger partial charge on any atom is 0.0105 e. The minimum absolute atomic E-state index is 0.115. The van der Waals surface area contributed by atoms with Gasteiger partial charge >= 0.3 is 0 Å². The summed E-state index contributed by atoms with van der Waals surface area (Å²) in [6, 6.07) is 0. The van der Waals surface area contributed by atoms with E-state index in [4.69, 9.17) is 28.4 Å². The Morgan fingerprint density at radius 1 is 0.667 bits per heavy atom. The number of hydrogen-bond donors (Lipinski definition) is 7. The first kappa shape index (κ1) is 26.9. The molecule has 0 saturated carbocycles. The molecule has 0 heterocycles. The highest BCUT2D eigenvalue weighted by Crippen LogP contribution is 1.82. The van der Waals surface area contributed by atoms with Crippen molar-refractivity contribution in [2.24, 2.45) is 17.2 Å². The molecular formula is C15H40N6S3. The Labute approximate surface area is 161 Å². The Hall–Kier alpha value is 0.680. The van der Waals surface area contributed by atoms with Gasteiger partial charge in [-0.25, -0.2) is 0 Å². The molecule has 24 heavy (non-hydrogen) atoms. The summed E-state index contributed by atoms with van der Waals surface area (Å²) in [4.78, 5) is 0. The van der Waals surface area contributed by atoms with Gasteiger partial charge < -0.3 is 33.2 Å². The molecule has 0 amide bonds. The molecule has 0 aromatic carbocycles. The quantitative estimate of drug-likeness (QED) is 0.121. The molecule has 0 saturated heterocycles. The van der Waals surface area contributed by atoms with Crippen LogP contribution in [0.2, 0.25) is 0 Å². The van der Waals surface area contributed by atoms with E-state index >= 15 is 0 Å². The van der Waals surface area contributed by atoms with Crippen LogP contribution < -0.4 is 33.2 Å². The Balaban J connectivity index is 0. The average Bonchev–Trinajstić information content (AvgIpc) is 2.59. The topological polar surface area (TPSA) is 114 Å². The van der Waals surface area contributed by atoms with Crippen molar-refractivity contribution in [2.45, 2.75) is 19.3 Å². The van der Waals surface area contributed by atoms with E-state index in [0.717, 1.165) is 95.4 Å². The third kappa shape index (κ3) is 27.5. The zero-order chi connectivity index (χ0) is 18.3. The van der Waals surface area contributed by atoms with E-state index in [0.29, 0.717) is 0 Å². The largest absolute Gasteiger partial charge is 0.330 e. The van der Waals surface area contributed by atoms with Crippen molar-refractivity contribution in [2.75, 3.05) is 76.2 Å². The zero-order valence-electron chi connectivity index (χ0n) is 15.1. The minimum Gasteiger partial charge on any atom is -0.330 e. The van der Waals surface area contributed by atoms with Gasteiger partial charge in [0.1, 0.15) is 0 Å². The number of nitrogens with one attached hydrogen (secondary N) is 3. The van der Waals surface area contributed by atoms with Crippen molar-refractivity contribution in [3.05, 3.63) is 0 Å². The molecular weight excluding hydrogens is 360 g/mol. The third-order valence-corrected chi connectivity index (χ3v) is 5.52. The number of hydrogen-bond acceptors (Lipinski definition) is 8. The van der Waals surface area contributed by atoms with E-state index in [2.05, 4.69) is 28.6 Å². The second-order valence-electron chi connectivity index (χ2n) is 5.25. The first-order valence-corrected chi connectivity index (χ1v) is 12.0. The smallest absolute Gasteiger partial charge is 0.0105 e. The molecule has 0 bridgehead atoms. The van der Waals surface area contributed by atoms with Crippen LogP contribution >= 0.6 is 12.6 Å². The molecule has 0 aromatic heterocycles. The van der Waals surface area contributed by atoms with Gasteiger partial charge in [-0.2, -0.15) is 12.6 Å². The van der Waals surface area contributed by atoms with Crippen LogP contribution in [0.4, 0.5) is 0 Å². The van der Waals surface area contributed by atoms with Crippen molar-refractivity contribution in [1.29, 1.82) is 0 Å². The summed E-state index contributed by atoms with van der Waals surface area (Å²) in [7, 11) is 0.115. The SMILES string of the molecule is NCCCNCCS.NCCCNCCS(=S)CCNCCCN. The van der Waals surface area contributed by atoms with Gasteiger partial charge in [-0.1, -0.05) is 11.2 Å². The lowest BCUT2D eigenvalue weighted by molar-refractivity contribution is 0.677. The van der Waals surface area contributed by atoms with E-state index in [1.165, 1.54) is 0 Å². The Morgan fingerprint density at radius 3 is 1.38 bits per heavy atom. The summed E-state index contributed by atoms with van der Waals surface area (Å²) in [5.41, 5.74) is 16.1. The summed E-state index contributed by atoms with van der Waals surface area (Å²) < 4.78 is 0. The highest BCUT2D eigenvalue weighted by Gasteiger charge is 1.95. The lowest BCUT2D eigenvalue weighted by Gasteiger charge is -2.07. The van der Waals surface area contributed by atoms with E-state index in [9.17, 15) is 0 Å². The minimum atomic E-state index is 0.115. The van der Waals surface area contributed by atoms with Crippen LogP contribution in [-0.2, 0) is 20.6 Å². The summed E-state index contributed by atoms with van der Waals surface area (Å²) in [5.74, 6) is 3.10. The van der Waals surface area contributed by atoms with Crippen LogP contribution in [0.3, 0.4) is 0 Å². The molecule has 0 rings (SSSR count). The van der Waals surface area contributed by atoms with Crippen molar-refractivity contribution in [3.8, 4) is 0 Å². The van der Waals surface area contributed by atoms with Crippen LogP contribution in [0.25, 0.3) is 0 Å². The van der Waals surface area contributed by atoms with Crippen LogP contribution in [0.15, 0.2) is 0 Å².